The third-order valence-electron chi connectivity index (χ3n) is 10.7. The van der Waals surface area contributed by atoms with E-state index in [1.807, 2.05) is 91.9 Å². The van der Waals surface area contributed by atoms with E-state index in [0.29, 0.717) is 46.4 Å². The van der Waals surface area contributed by atoms with Crippen molar-refractivity contribution in [2.45, 2.75) is 78.1 Å². The largest absolute Gasteiger partial charge is 0.485 e. The molecule has 2 amide bonds. The number of para-hydroxylation sites is 1. The normalized spacial score (nSPS) is 13.3. The van der Waals surface area contributed by atoms with Gasteiger partial charge >= 0.3 is 12.3 Å². The molecular weight excluding hydrogens is 796 g/mol. The number of aromatic nitrogens is 2. The molecule has 1 unspecified atom stereocenters. The number of rotatable bonds is 16. The minimum Gasteiger partial charge on any atom is -0.485 e. The Labute approximate surface area is 359 Å². The second-order valence-corrected chi connectivity index (χ2v) is 16.5. The summed E-state index contributed by atoms with van der Waals surface area (Å²) in [6.45, 7) is 8.47. The van der Waals surface area contributed by atoms with Gasteiger partial charge in [-0.05, 0) is 99.5 Å². The van der Waals surface area contributed by atoms with E-state index in [1.165, 1.54) is 17.0 Å². The highest BCUT2D eigenvalue weighted by Gasteiger charge is 2.37. The van der Waals surface area contributed by atoms with Gasteiger partial charge in [-0.25, -0.2) is 9.48 Å². The highest BCUT2D eigenvalue weighted by Crippen LogP contribution is 2.44. The molecule has 0 radical (unpaired) electrons. The molecular formula is C49H50F3N5O5. The van der Waals surface area contributed by atoms with Gasteiger partial charge in [0, 0.05) is 41.0 Å². The molecule has 6 aromatic rings. The van der Waals surface area contributed by atoms with Crippen molar-refractivity contribution in [3.63, 3.8) is 0 Å². The first-order valence-corrected chi connectivity index (χ1v) is 20.6. The predicted octanol–water partition coefficient (Wildman–Crippen LogP) is 11.3. The number of hydrogen-bond acceptors (Lipinski definition) is 6. The number of carboxylic acid groups (broad SMARTS) is 1. The van der Waals surface area contributed by atoms with E-state index in [4.69, 9.17) is 9.47 Å². The van der Waals surface area contributed by atoms with Crippen LogP contribution in [0.15, 0.2) is 127 Å². The van der Waals surface area contributed by atoms with Gasteiger partial charge in [0.15, 0.2) is 17.2 Å². The topological polar surface area (TPSA) is 118 Å². The third-order valence-corrected chi connectivity index (χ3v) is 10.7. The number of hydrogen-bond donors (Lipinski definition) is 3. The Bertz CT molecular complexity index is 2500. The van der Waals surface area contributed by atoms with Crippen LogP contribution in [-0.2, 0) is 25.9 Å². The fourth-order valence-electron chi connectivity index (χ4n) is 7.22. The maximum Gasteiger partial charge on any atom is 0.435 e. The second-order valence-electron chi connectivity index (χ2n) is 16.5. The van der Waals surface area contributed by atoms with Crippen molar-refractivity contribution >= 4 is 17.7 Å². The molecule has 7 rings (SSSR count). The lowest BCUT2D eigenvalue weighted by atomic mass is 9.92. The first kappa shape index (κ1) is 43.5. The van der Waals surface area contributed by atoms with Crippen LogP contribution in [0.25, 0.3) is 16.8 Å². The monoisotopic (exact) mass is 845 g/mol. The van der Waals surface area contributed by atoms with Gasteiger partial charge < -0.3 is 25.2 Å². The van der Waals surface area contributed by atoms with Gasteiger partial charge in [0.05, 0.1) is 5.69 Å². The molecule has 1 saturated carbocycles. The molecule has 1 heterocycles. The van der Waals surface area contributed by atoms with Gasteiger partial charge in [-0.2, -0.15) is 18.3 Å². The summed E-state index contributed by atoms with van der Waals surface area (Å²) in [6.07, 6.45) is -3.79. The molecule has 1 aromatic heterocycles. The highest BCUT2D eigenvalue weighted by molar-refractivity contribution is 6.04. The zero-order valence-corrected chi connectivity index (χ0v) is 35.1. The molecule has 0 aliphatic heterocycles. The van der Waals surface area contributed by atoms with Gasteiger partial charge in [-0.3, -0.25) is 9.69 Å². The SMILES string of the molecule is CC(NCC1CC1)c1c(NC(=O)c2cc(C(F)(F)F)nn2-c2cccc(CN(C(=O)O)C(C)(C)C)c2)cccc1-c1cccc(OCc2ccccc2)c1OCc1ccccc1. The summed E-state index contributed by atoms with van der Waals surface area (Å²) < 4.78 is 56.9. The molecule has 1 aliphatic carbocycles. The molecule has 1 fully saturated rings. The number of alkyl halides is 3. The zero-order chi connectivity index (χ0) is 44.0. The van der Waals surface area contributed by atoms with E-state index in [9.17, 15) is 27.9 Å². The highest BCUT2D eigenvalue weighted by atomic mass is 19.4. The maximum atomic E-state index is 14.4. The molecule has 10 nitrogen and oxygen atoms in total. The Balaban J connectivity index is 1.29. The van der Waals surface area contributed by atoms with Crippen molar-refractivity contribution in [1.29, 1.82) is 0 Å². The summed E-state index contributed by atoms with van der Waals surface area (Å²) in [5, 5.41) is 20.3. The minimum atomic E-state index is -4.86. The van der Waals surface area contributed by atoms with Crippen molar-refractivity contribution in [1.82, 2.24) is 20.0 Å². The van der Waals surface area contributed by atoms with Gasteiger partial charge in [0.2, 0.25) is 0 Å². The van der Waals surface area contributed by atoms with Crippen LogP contribution in [0.5, 0.6) is 11.5 Å². The Hall–Kier alpha value is -6.60. The summed E-state index contributed by atoms with van der Waals surface area (Å²) in [7, 11) is 0. The van der Waals surface area contributed by atoms with Crippen molar-refractivity contribution < 1.29 is 37.3 Å². The predicted molar refractivity (Wildman–Crippen MR) is 232 cm³/mol. The van der Waals surface area contributed by atoms with Crippen LogP contribution in [0.2, 0.25) is 0 Å². The molecule has 322 valence electrons. The number of ether oxygens (including phenoxy) is 2. The number of nitrogens with zero attached hydrogens (tertiary/aromatic N) is 3. The van der Waals surface area contributed by atoms with Crippen LogP contribution in [-0.4, -0.2) is 43.9 Å². The lowest BCUT2D eigenvalue weighted by molar-refractivity contribution is -0.141. The van der Waals surface area contributed by atoms with E-state index in [1.54, 1.807) is 45.0 Å². The van der Waals surface area contributed by atoms with E-state index in [2.05, 4.69) is 15.7 Å². The molecule has 1 aliphatic rings. The van der Waals surface area contributed by atoms with Gasteiger partial charge in [-0.1, -0.05) is 97.1 Å². The van der Waals surface area contributed by atoms with Gasteiger partial charge in [-0.15, -0.1) is 0 Å². The third kappa shape index (κ3) is 10.6. The first-order chi connectivity index (χ1) is 29.7. The molecule has 5 aromatic carbocycles. The van der Waals surface area contributed by atoms with Crippen LogP contribution >= 0.6 is 0 Å². The van der Waals surface area contributed by atoms with Gasteiger partial charge in [0.1, 0.15) is 18.9 Å². The number of nitrogens with one attached hydrogen (secondary N) is 2. The summed E-state index contributed by atoms with van der Waals surface area (Å²) in [5.74, 6) is 0.709. The van der Waals surface area contributed by atoms with E-state index in [0.717, 1.165) is 46.8 Å². The quantitative estimate of drug-likeness (QED) is 0.0888. The van der Waals surface area contributed by atoms with Crippen LogP contribution in [0.1, 0.15) is 85.0 Å². The van der Waals surface area contributed by atoms with Crippen molar-refractivity contribution in [2.24, 2.45) is 5.92 Å². The molecule has 13 heteroatoms. The fourth-order valence-corrected chi connectivity index (χ4v) is 7.22. The second kappa shape index (κ2) is 18.6. The zero-order valence-electron chi connectivity index (χ0n) is 35.1. The number of benzene rings is 5. The standard InChI is InChI=1S/C49H50F3N5O5/c1-32(53-28-33-24-25-33)44-38(39-21-13-23-42(61-30-34-14-7-5-8-15-34)45(39)62-31-35-16-9-6-10-17-35)20-12-22-40(44)54-46(58)41-27-43(49(50,51)52)55-57(41)37-19-11-18-36(26-37)29-56(47(59)60)48(2,3)4/h5-23,26-27,32-33,53H,24-25,28-31H2,1-4H3,(H,54,58)(H,59,60). The Kier molecular flexibility index (Phi) is 13.0. The maximum absolute atomic E-state index is 14.4. The molecule has 0 spiro atoms. The molecule has 0 saturated heterocycles. The van der Waals surface area contributed by atoms with Gasteiger partial charge in [0.25, 0.3) is 5.91 Å². The number of anilines is 1. The lowest BCUT2D eigenvalue weighted by Crippen LogP contribution is -2.44. The van der Waals surface area contributed by atoms with Crippen LogP contribution in [0, 0.1) is 5.92 Å². The molecule has 1 atom stereocenters. The fraction of sp³-hybridized carbons (Fsp3) is 0.286. The lowest BCUT2D eigenvalue weighted by Gasteiger charge is -2.33. The Morgan fingerprint density at radius 2 is 1.42 bits per heavy atom. The van der Waals surface area contributed by atoms with E-state index in [-0.39, 0.29) is 30.6 Å². The van der Waals surface area contributed by atoms with Crippen molar-refractivity contribution in [3.8, 4) is 28.3 Å². The molecule has 0 bridgehead atoms. The summed E-state index contributed by atoms with van der Waals surface area (Å²) in [6, 6.07) is 37.4. The van der Waals surface area contributed by atoms with Crippen LogP contribution in [0.4, 0.5) is 23.7 Å². The number of halogens is 3. The summed E-state index contributed by atoms with van der Waals surface area (Å²) in [5.41, 5.74) is 2.71. The summed E-state index contributed by atoms with van der Waals surface area (Å²) >= 11 is 0. The van der Waals surface area contributed by atoms with Crippen molar-refractivity contribution in [3.05, 3.63) is 161 Å². The van der Waals surface area contributed by atoms with Crippen molar-refractivity contribution in [2.75, 3.05) is 11.9 Å². The minimum absolute atomic E-state index is 0.0426. The smallest absolute Gasteiger partial charge is 0.435 e. The Morgan fingerprint density at radius 3 is 2.05 bits per heavy atom. The number of carbonyl (C=O) groups is 2. The molecule has 3 N–H and O–H groups in total. The van der Waals surface area contributed by atoms with E-state index >= 15 is 0 Å². The molecule has 62 heavy (non-hydrogen) atoms. The average molecular weight is 846 g/mol. The number of amides is 2. The number of carbonyl (C=O) groups excluding carboxylic acids is 1. The van der Waals surface area contributed by atoms with E-state index < -0.39 is 29.4 Å². The Morgan fingerprint density at radius 1 is 0.806 bits per heavy atom. The summed E-state index contributed by atoms with van der Waals surface area (Å²) in [4.78, 5) is 27.8. The average Bonchev–Trinajstić information content (AvgIpc) is 3.97. The first-order valence-electron chi connectivity index (χ1n) is 20.6. The van der Waals surface area contributed by atoms with Crippen LogP contribution in [0.3, 0.4) is 0 Å². The van der Waals surface area contributed by atoms with Crippen LogP contribution < -0.4 is 20.1 Å².